The zero-order valence-corrected chi connectivity index (χ0v) is 10.9. The van der Waals surface area contributed by atoms with E-state index in [0.717, 1.165) is 31.6 Å². The average Bonchev–Trinajstić information content (AvgIpc) is 2.90. The summed E-state index contributed by atoms with van der Waals surface area (Å²) < 4.78 is 11.1. The number of nitrogens with two attached hydrogens (primary N) is 1. The third kappa shape index (κ3) is 3.45. The van der Waals surface area contributed by atoms with Crippen LogP contribution < -0.4 is 16.0 Å². The topological polar surface area (TPSA) is 56.5 Å². The van der Waals surface area contributed by atoms with Crippen molar-refractivity contribution in [1.29, 1.82) is 0 Å². The monoisotopic (exact) mass is 250 g/mol. The first kappa shape index (κ1) is 13.3. The predicted octanol–water partition coefficient (Wildman–Crippen LogP) is 2.16. The standard InChI is InChI=1S/C14H22N2O2/c1-2-17-12-7-5-11(6-8-12)14(16-15)10-13-4-3-9-18-13/h5-8,13-14,16H,2-4,9-10,15H2,1H3. The molecule has 4 nitrogen and oxygen atoms in total. The highest BCUT2D eigenvalue weighted by Crippen LogP contribution is 2.25. The Labute approximate surface area is 108 Å². The van der Waals surface area contributed by atoms with Gasteiger partial charge in [0.05, 0.1) is 12.7 Å². The molecule has 1 aliphatic rings. The molecule has 0 amide bonds. The highest BCUT2D eigenvalue weighted by Gasteiger charge is 2.21. The minimum absolute atomic E-state index is 0.142. The van der Waals surface area contributed by atoms with Gasteiger partial charge in [0.25, 0.3) is 0 Å². The van der Waals surface area contributed by atoms with Crippen LogP contribution in [0.5, 0.6) is 5.75 Å². The predicted molar refractivity (Wildman–Crippen MR) is 71.3 cm³/mol. The third-order valence-corrected chi connectivity index (χ3v) is 3.32. The Kier molecular flexibility index (Phi) is 4.99. The number of hydrazine groups is 1. The van der Waals surface area contributed by atoms with E-state index in [-0.39, 0.29) is 6.04 Å². The lowest BCUT2D eigenvalue weighted by Gasteiger charge is -2.20. The van der Waals surface area contributed by atoms with Gasteiger partial charge in [-0.15, -0.1) is 0 Å². The molecular weight excluding hydrogens is 228 g/mol. The maximum atomic E-state index is 5.65. The number of benzene rings is 1. The maximum Gasteiger partial charge on any atom is 0.119 e. The van der Waals surface area contributed by atoms with Crippen LogP contribution in [0.1, 0.15) is 37.8 Å². The van der Waals surface area contributed by atoms with Crippen molar-refractivity contribution in [2.24, 2.45) is 5.84 Å². The van der Waals surface area contributed by atoms with E-state index in [2.05, 4.69) is 17.6 Å². The van der Waals surface area contributed by atoms with Gasteiger partial charge in [-0.25, -0.2) is 0 Å². The van der Waals surface area contributed by atoms with E-state index in [9.17, 15) is 0 Å². The van der Waals surface area contributed by atoms with Gasteiger partial charge in [-0.3, -0.25) is 11.3 Å². The van der Waals surface area contributed by atoms with Crippen molar-refractivity contribution in [1.82, 2.24) is 5.43 Å². The molecule has 0 radical (unpaired) electrons. The van der Waals surface area contributed by atoms with Crippen molar-refractivity contribution in [3.05, 3.63) is 29.8 Å². The number of hydrogen-bond donors (Lipinski definition) is 2. The maximum absolute atomic E-state index is 5.65. The van der Waals surface area contributed by atoms with Crippen molar-refractivity contribution in [3.63, 3.8) is 0 Å². The van der Waals surface area contributed by atoms with Crippen LogP contribution >= 0.6 is 0 Å². The van der Waals surface area contributed by atoms with Gasteiger partial charge in [0.15, 0.2) is 0 Å². The number of rotatable bonds is 6. The van der Waals surface area contributed by atoms with Crippen LogP contribution in [-0.2, 0) is 4.74 Å². The highest BCUT2D eigenvalue weighted by atomic mass is 16.5. The second-order valence-corrected chi connectivity index (χ2v) is 4.59. The largest absolute Gasteiger partial charge is 0.494 e. The molecule has 0 bridgehead atoms. The quantitative estimate of drug-likeness (QED) is 0.600. The second kappa shape index (κ2) is 6.73. The lowest BCUT2D eigenvalue weighted by atomic mass is 10.00. The molecule has 2 unspecified atom stereocenters. The van der Waals surface area contributed by atoms with E-state index in [1.54, 1.807) is 0 Å². The van der Waals surface area contributed by atoms with Gasteiger partial charge in [0, 0.05) is 12.6 Å². The van der Waals surface area contributed by atoms with Crippen LogP contribution in [-0.4, -0.2) is 19.3 Å². The summed E-state index contributed by atoms with van der Waals surface area (Å²) in [6, 6.07) is 8.23. The third-order valence-electron chi connectivity index (χ3n) is 3.32. The molecule has 0 saturated carbocycles. The van der Waals surface area contributed by atoms with Crippen LogP contribution in [0.25, 0.3) is 0 Å². The van der Waals surface area contributed by atoms with E-state index < -0.39 is 0 Å². The Morgan fingerprint density at radius 3 is 2.78 bits per heavy atom. The van der Waals surface area contributed by atoms with Crippen molar-refractivity contribution in [2.75, 3.05) is 13.2 Å². The molecule has 0 aromatic heterocycles. The van der Waals surface area contributed by atoms with E-state index >= 15 is 0 Å². The Balaban J connectivity index is 1.97. The molecule has 1 aliphatic heterocycles. The summed E-state index contributed by atoms with van der Waals surface area (Å²) in [6.45, 7) is 3.55. The molecule has 3 N–H and O–H groups in total. The Morgan fingerprint density at radius 1 is 1.44 bits per heavy atom. The van der Waals surface area contributed by atoms with Gasteiger partial charge in [0.2, 0.25) is 0 Å². The summed E-state index contributed by atoms with van der Waals surface area (Å²) in [5.41, 5.74) is 4.05. The molecule has 0 spiro atoms. The van der Waals surface area contributed by atoms with Gasteiger partial charge < -0.3 is 9.47 Å². The molecule has 0 aliphatic carbocycles. The average molecular weight is 250 g/mol. The molecule has 1 heterocycles. The van der Waals surface area contributed by atoms with E-state index in [4.69, 9.17) is 15.3 Å². The molecular formula is C14H22N2O2. The van der Waals surface area contributed by atoms with Gasteiger partial charge in [-0.05, 0) is 43.9 Å². The summed E-state index contributed by atoms with van der Waals surface area (Å²) in [7, 11) is 0. The summed E-state index contributed by atoms with van der Waals surface area (Å²) in [5.74, 6) is 6.54. The first-order chi connectivity index (χ1) is 8.83. The van der Waals surface area contributed by atoms with Gasteiger partial charge in [0.1, 0.15) is 5.75 Å². The number of ether oxygens (including phenoxy) is 2. The second-order valence-electron chi connectivity index (χ2n) is 4.59. The first-order valence-corrected chi connectivity index (χ1v) is 6.64. The van der Waals surface area contributed by atoms with Gasteiger partial charge in [-0.2, -0.15) is 0 Å². The molecule has 1 aromatic rings. The fourth-order valence-electron chi connectivity index (χ4n) is 2.36. The number of nitrogens with one attached hydrogen (secondary N) is 1. The van der Waals surface area contributed by atoms with Crippen molar-refractivity contribution in [2.45, 2.75) is 38.3 Å². The zero-order chi connectivity index (χ0) is 12.8. The van der Waals surface area contributed by atoms with Crippen molar-refractivity contribution >= 4 is 0 Å². The molecule has 100 valence electrons. The highest BCUT2D eigenvalue weighted by molar-refractivity contribution is 5.29. The molecule has 1 aromatic carbocycles. The minimum Gasteiger partial charge on any atom is -0.494 e. The van der Waals surface area contributed by atoms with Crippen LogP contribution in [0.3, 0.4) is 0 Å². The van der Waals surface area contributed by atoms with Crippen LogP contribution in [0, 0.1) is 0 Å². The van der Waals surface area contributed by atoms with E-state index in [1.165, 1.54) is 5.56 Å². The summed E-state index contributed by atoms with van der Waals surface area (Å²) >= 11 is 0. The smallest absolute Gasteiger partial charge is 0.119 e. The summed E-state index contributed by atoms with van der Waals surface area (Å²) in [5, 5.41) is 0. The molecule has 2 rings (SSSR count). The fourth-order valence-corrected chi connectivity index (χ4v) is 2.36. The van der Waals surface area contributed by atoms with Gasteiger partial charge in [-0.1, -0.05) is 12.1 Å². The first-order valence-electron chi connectivity index (χ1n) is 6.64. The Morgan fingerprint density at radius 2 is 2.22 bits per heavy atom. The summed E-state index contributed by atoms with van der Waals surface area (Å²) in [6.07, 6.45) is 3.54. The van der Waals surface area contributed by atoms with Crippen LogP contribution in [0.2, 0.25) is 0 Å². The molecule has 18 heavy (non-hydrogen) atoms. The Hall–Kier alpha value is -1.10. The normalized spacial score (nSPS) is 20.9. The lowest BCUT2D eigenvalue weighted by Crippen LogP contribution is -2.30. The molecule has 1 fully saturated rings. The van der Waals surface area contributed by atoms with Crippen LogP contribution in [0.15, 0.2) is 24.3 Å². The SMILES string of the molecule is CCOc1ccc(C(CC2CCCO2)NN)cc1. The van der Waals surface area contributed by atoms with Crippen molar-refractivity contribution < 1.29 is 9.47 Å². The lowest BCUT2D eigenvalue weighted by molar-refractivity contribution is 0.0946. The Bertz CT molecular complexity index is 347. The van der Waals surface area contributed by atoms with E-state index in [0.29, 0.717) is 12.7 Å². The van der Waals surface area contributed by atoms with Gasteiger partial charge >= 0.3 is 0 Å². The molecule has 2 atom stereocenters. The van der Waals surface area contributed by atoms with E-state index in [1.807, 2.05) is 19.1 Å². The fraction of sp³-hybridized carbons (Fsp3) is 0.571. The summed E-state index contributed by atoms with van der Waals surface area (Å²) in [4.78, 5) is 0. The molecule has 1 saturated heterocycles. The molecule has 4 heteroatoms. The number of hydrogen-bond acceptors (Lipinski definition) is 4. The van der Waals surface area contributed by atoms with Crippen molar-refractivity contribution in [3.8, 4) is 5.75 Å². The minimum atomic E-state index is 0.142. The van der Waals surface area contributed by atoms with Crippen LogP contribution in [0.4, 0.5) is 0 Å². The zero-order valence-electron chi connectivity index (χ0n) is 10.9.